The number of piperidine rings is 1. The third-order valence-electron chi connectivity index (χ3n) is 4.86. The minimum Gasteiger partial charge on any atom is -0.346 e. The Morgan fingerprint density at radius 2 is 2.10 bits per heavy atom. The van der Waals surface area contributed by atoms with Crippen LogP contribution >= 0.6 is 11.6 Å². The van der Waals surface area contributed by atoms with Gasteiger partial charge in [0.25, 0.3) is 0 Å². The molecular formula is C17H23ClN2O. The molecule has 1 aromatic rings. The first-order valence-electron chi connectivity index (χ1n) is 7.98. The molecule has 1 aliphatic heterocycles. The maximum Gasteiger partial charge on any atom is 0.225 e. The van der Waals surface area contributed by atoms with Crippen LogP contribution < -0.4 is 10.6 Å². The summed E-state index contributed by atoms with van der Waals surface area (Å²) in [4.78, 5) is 12.6. The summed E-state index contributed by atoms with van der Waals surface area (Å²) >= 11 is 6.15. The molecule has 1 unspecified atom stereocenters. The lowest BCUT2D eigenvalue weighted by Gasteiger charge is -2.34. The first-order chi connectivity index (χ1) is 10.2. The van der Waals surface area contributed by atoms with Crippen LogP contribution in [-0.4, -0.2) is 19.0 Å². The number of carbonyl (C=O) groups excluding carboxylic acids is 1. The van der Waals surface area contributed by atoms with E-state index in [1.54, 1.807) is 0 Å². The third-order valence-corrected chi connectivity index (χ3v) is 5.10. The van der Waals surface area contributed by atoms with Crippen LogP contribution in [0.2, 0.25) is 5.02 Å². The predicted molar refractivity (Wildman–Crippen MR) is 85.3 cm³/mol. The number of halogens is 1. The molecule has 114 valence electrons. The monoisotopic (exact) mass is 306 g/mol. The Kier molecular flexibility index (Phi) is 4.51. The van der Waals surface area contributed by atoms with Crippen LogP contribution in [0.4, 0.5) is 0 Å². The van der Waals surface area contributed by atoms with Gasteiger partial charge in [0.05, 0.1) is 11.5 Å². The highest BCUT2D eigenvalue weighted by atomic mass is 35.5. The molecule has 1 aromatic carbocycles. The minimum absolute atomic E-state index is 0.107. The van der Waals surface area contributed by atoms with Gasteiger partial charge in [0.1, 0.15) is 0 Å². The van der Waals surface area contributed by atoms with Crippen LogP contribution in [0.25, 0.3) is 0 Å². The van der Waals surface area contributed by atoms with E-state index >= 15 is 0 Å². The molecule has 2 N–H and O–H groups in total. The highest BCUT2D eigenvalue weighted by Gasteiger charge is 2.38. The van der Waals surface area contributed by atoms with Crippen molar-refractivity contribution in [3.63, 3.8) is 0 Å². The molecule has 0 spiro atoms. The highest BCUT2D eigenvalue weighted by molar-refractivity contribution is 6.30. The van der Waals surface area contributed by atoms with Crippen molar-refractivity contribution in [2.45, 2.75) is 44.1 Å². The number of carbonyl (C=O) groups is 1. The second-order valence-corrected chi connectivity index (χ2v) is 6.77. The number of nitrogens with one attached hydrogen (secondary N) is 2. The molecule has 1 amide bonds. The van der Waals surface area contributed by atoms with Crippen LogP contribution in [0.1, 0.15) is 44.1 Å². The van der Waals surface area contributed by atoms with Crippen LogP contribution in [0, 0.1) is 5.92 Å². The van der Waals surface area contributed by atoms with Crippen LogP contribution in [-0.2, 0) is 10.3 Å². The quantitative estimate of drug-likeness (QED) is 0.900. The number of benzene rings is 1. The van der Waals surface area contributed by atoms with E-state index in [4.69, 9.17) is 11.6 Å². The van der Waals surface area contributed by atoms with E-state index in [1.807, 2.05) is 18.2 Å². The van der Waals surface area contributed by atoms with E-state index in [0.29, 0.717) is 0 Å². The van der Waals surface area contributed by atoms with Crippen molar-refractivity contribution >= 4 is 17.5 Å². The molecule has 3 rings (SSSR count). The fourth-order valence-corrected chi connectivity index (χ4v) is 3.85. The topological polar surface area (TPSA) is 41.1 Å². The summed E-state index contributed by atoms with van der Waals surface area (Å²) in [7, 11) is 0. The predicted octanol–water partition coefficient (Wildman–Crippen LogP) is 3.23. The smallest absolute Gasteiger partial charge is 0.225 e. The molecular weight excluding hydrogens is 284 g/mol. The van der Waals surface area contributed by atoms with Crippen LogP contribution in [0.5, 0.6) is 0 Å². The van der Waals surface area contributed by atoms with Crippen molar-refractivity contribution in [2.24, 2.45) is 5.92 Å². The normalized spacial score (nSPS) is 24.7. The summed E-state index contributed by atoms with van der Waals surface area (Å²) in [5, 5.41) is 7.43. The van der Waals surface area contributed by atoms with Gasteiger partial charge in [-0.25, -0.2) is 0 Å². The molecule has 21 heavy (non-hydrogen) atoms. The summed E-state index contributed by atoms with van der Waals surface area (Å²) in [6.07, 6.45) is 6.43. The van der Waals surface area contributed by atoms with Gasteiger partial charge in [-0.15, -0.1) is 0 Å². The fraction of sp³-hybridized carbons (Fsp3) is 0.588. The Bertz CT molecular complexity index is 505. The molecule has 2 fully saturated rings. The van der Waals surface area contributed by atoms with Gasteiger partial charge in [0.15, 0.2) is 0 Å². The zero-order valence-electron chi connectivity index (χ0n) is 12.3. The van der Waals surface area contributed by atoms with E-state index in [1.165, 1.54) is 0 Å². The van der Waals surface area contributed by atoms with Crippen molar-refractivity contribution in [1.82, 2.24) is 10.6 Å². The Hall–Kier alpha value is -1.06. The Morgan fingerprint density at radius 1 is 1.29 bits per heavy atom. The zero-order chi connectivity index (χ0) is 14.7. The van der Waals surface area contributed by atoms with Crippen LogP contribution in [0.15, 0.2) is 24.3 Å². The zero-order valence-corrected chi connectivity index (χ0v) is 13.1. The molecule has 1 heterocycles. The minimum atomic E-state index is -0.209. The average molecular weight is 307 g/mol. The van der Waals surface area contributed by atoms with E-state index in [0.717, 1.165) is 62.2 Å². The van der Waals surface area contributed by atoms with Gasteiger partial charge in [0.2, 0.25) is 5.91 Å². The molecule has 0 bridgehead atoms. The largest absolute Gasteiger partial charge is 0.346 e. The Balaban J connectivity index is 1.79. The first kappa shape index (κ1) is 14.9. The third kappa shape index (κ3) is 3.24. The summed E-state index contributed by atoms with van der Waals surface area (Å²) in [6, 6.07) is 7.97. The van der Waals surface area contributed by atoms with Crippen molar-refractivity contribution in [2.75, 3.05) is 13.1 Å². The van der Waals surface area contributed by atoms with Crippen LogP contribution in [0.3, 0.4) is 0 Å². The first-order valence-corrected chi connectivity index (χ1v) is 8.36. The highest BCUT2D eigenvalue weighted by Crippen LogP contribution is 2.39. The van der Waals surface area contributed by atoms with Gasteiger partial charge in [-0.05, 0) is 49.9 Å². The summed E-state index contributed by atoms with van der Waals surface area (Å²) in [6.45, 7) is 1.83. The van der Waals surface area contributed by atoms with E-state index < -0.39 is 0 Å². The van der Waals surface area contributed by atoms with Crippen molar-refractivity contribution in [1.29, 1.82) is 0 Å². The second-order valence-electron chi connectivity index (χ2n) is 6.33. The number of amides is 1. The Morgan fingerprint density at radius 3 is 2.76 bits per heavy atom. The van der Waals surface area contributed by atoms with Gasteiger partial charge in [-0.1, -0.05) is 36.6 Å². The molecule has 1 saturated heterocycles. The second kappa shape index (κ2) is 6.37. The molecule has 4 heteroatoms. The Labute approximate surface area is 131 Å². The van der Waals surface area contributed by atoms with Gasteiger partial charge in [0, 0.05) is 11.6 Å². The fourth-order valence-electron chi connectivity index (χ4n) is 3.66. The summed E-state index contributed by atoms with van der Waals surface area (Å²) in [5.74, 6) is 0.305. The molecule has 3 nitrogen and oxygen atoms in total. The summed E-state index contributed by atoms with van der Waals surface area (Å²) in [5.41, 5.74) is 0.948. The maximum atomic E-state index is 12.6. The van der Waals surface area contributed by atoms with Gasteiger partial charge in [-0.2, -0.15) is 0 Å². The van der Waals surface area contributed by atoms with Gasteiger partial charge in [-0.3, -0.25) is 4.79 Å². The lowest BCUT2D eigenvalue weighted by Crippen LogP contribution is -2.49. The average Bonchev–Trinajstić information content (AvgIpc) is 2.98. The summed E-state index contributed by atoms with van der Waals surface area (Å²) < 4.78 is 0. The van der Waals surface area contributed by atoms with Gasteiger partial charge < -0.3 is 10.6 Å². The lowest BCUT2D eigenvalue weighted by atomic mass is 9.86. The molecule has 2 aliphatic rings. The number of hydrogen-bond acceptors (Lipinski definition) is 2. The molecule has 1 saturated carbocycles. The standard InChI is InChI=1S/C17H23ClN2O/c18-15-7-3-6-14(11-15)17(8-1-2-9-17)20-16(21)13-5-4-10-19-12-13/h3,6-7,11,13,19H,1-2,4-5,8-10,12H2,(H,20,21). The lowest BCUT2D eigenvalue weighted by molar-refractivity contribution is -0.127. The van der Waals surface area contributed by atoms with Crippen molar-refractivity contribution in [3.05, 3.63) is 34.9 Å². The van der Waals surface area contributed by atoms with Gasteiger partial charge >= 0.3 is 0 Å². The van der Waals surface area contributed by atoms with Crippen molar-refractivity contribution in [3.8, 4) is 0 Å². The molecule has 0 radical (unpaired) electrons. The van der Waals surface area contributed by atoms with E-state index in [2.05, 4.69) is 16.7 Å². The van der Waals surface area contributed by atoms with E-state index in [9.17, 15) is 4.79 Å². The molecule has 1 aliphatic carbocycles. The van der Waals surface area contributed by atoms with Crippen molar-refractivity contribution < 1.29 is 4.79 Å². The maximum absolute atomic E-state index is 12.6. The molecule has 1 atom stereocenters. The van der Waals surface area contributed by atoms with E-state index in [-0.39, 0.29) is 17.4 Å². The number of rotatable bonds is 3. The SMILES string of the molecule is O=C(NC1(c2cccc(Cl)c2)CCCC1)C1CCCNC1. The number of hydrogen-bond donors (Lipinski definition) is 2. The molecule has 0 aromatic heterocycles.